The van der Waals surface area contributed by atoms with E-state index < -0.39 is 6.10 Å². The Morgan fingerprint density at radius 3 is 1.26 bits per heavy atom. The molecule has 0 saturated heterocycles. The molecule has 0 aromatic rings. The summed E-state index contributed by atoms with van der Waals surface area (Å²) in [7, 11) is 0. The van der Waals surface area contributed by atoms with Crippen molar-refractivity contribution < 1.29 is 28.6 Å². The summed E-state index contributed by atoms with van der Waals surface area (Å²) in [5.74, 6) is -0.982. The summed E-state index contributed by atoms with van der Waals surface area (Å²) in [5.41, 5.74) is 0. The third-order valence-corrected chi connectivity index (χ3v) is 10.1. The molecule has 6 heteroatoms. The average Bonchev–Trinajstić information content (AvgIpc) is 3.26. The lowest BCUT2D eigenvalue weighted by Gasteiger charge is -2.18. The molecule has 0 heterocycles. The molecule has 0 spiro atoms. The number of hydrogen-bond acceptors (Lipinski definition) is 6. The van der Waals surface area contributed by atoms with E-state index >= 15 is 0 Å². The molecule has 6 nitrogen and oxygen atoms in total. The van der Waals surface area contributed by atoms with Crippen LogP contribution >= 0.6 is 0 Å². The Bertz CT molecular complexity index is 1250. The fraction of sp³-hybridized carbons (Fsp3) is 0.655. The van der Waals surface area contributed by atoms with Crippen LogP contribution in [-0.2, 0) is 28.6 Å². The van der Waals surface area contributed by atoms with E-state index in [0.717, 1.165) is 109 Å². The normalized spacial score (nSPS) is 12.9. The Hall–Kier alpha value is -3.67. The average molecular weight is 847 g/mol. The summed E-state index contributed by atoms with van der Waals surface area (Å²) in [6, 6.07) is 0. The number of carbonyl (C=O) groups excluding carboxylic acids is 3. The van der Waals surface area contributed by atoms with Crippen LogP contribution < -0.4 is 0 Å². The molecule has 61 heavy (non-hydrogen) atoms. The molecule has 0 rings (SSSR count). The van der Waals surface area contributed by atoms with Crippen molar-refractivity contribution in [3.05, 3.63) is 97.2 Å². The maximum atomic E-state index is 12.8. The monoisotopic (exact) mass is 847 g/mol. The zero-order chi connectivity index (χ0) is 44.4. The predicted octanol–water partition coefficient (Wildman–Crippen LogP) is 16.2. The van der Waals surface area contributed by atoms with Gasteiger partial charge in [0, 0.05) is 19.3 Å². The van der Waals surface area contributed by atoms with Crippen LogP contribution in [0, 0.1) is 0 Å². The molecule has 0 aliphatic rings. The highest BCUT2D eigenvalue weighted by Crippen LogP contribution is 2.13. The minimum absolute atomic E-state index is 0.105. The van der Waals surface area contributed by atoms with E-state index in [9.17, 15) is 14.4 Å². The van der Waals surface area contributed by atoms with Gasteiger partial charge in [0.2, 0.25) is 0 Å². The summed E-state index contributed by atoms with van der Waals surface area (Å²) in [6.07, 6.45) is 63.9. The highest BCUT2D eigenvalue weighted by atomic mass is 16.6. The summed E-state index contributed by atoms with van der Waals surface area (Å²) in [6.45, 7) is 6.38. The van der Waals surface area contributed by atoms with E-state index in [1.54, 1.807) is 0 Å². The number of esters is 3. The Kier molecular flexibility index (Phi) is 46.0. The molecule has 0 amide bonds. The molecule has 1 unspecified atom stereocenters. The predicted molar refractivity (Wildman–Crippen MR) is 260 cm³/mol. The van der Waals surface area contributed by atoms with E-state index in [4.69, 9.17) is 14.2 Å². The second kappa shape index (κ2) is 49.0. The number of ether oxygens (including phenoxy) is 3. The van der Waals surface area contributed by atoms with Crippen LogP contribution in [0.2, 0.25) is 0 Å². The zero-order valence-electron chi connectivity index (χ0n) is 39.4. The van der Waals surface area contributed by atoms with Gasteiger partial charge in [-0.15, -0.1) is 0 Å². The second-order valence-corrected chi connectivity index (χ2v) is 16.1. The Balaban J connectivity index is 4.45. The molecule has 0 aliphatic carbocycles. The fourth-order valence-corrected chi connectivity index (χ4v) is 6.41. The number of unbranched alkanes of at least 4 members (excludes halogenated alkanes) is 19. The molecule has 0 aromatic carbocycles. The van der Waals surface area contributed by atoms with Gasteiger partial charge in [-0.05, 0) is 96.3 Å². The molecule has 0 bridgehead atoms. The van der Waals surface area contributed by atoms with Crippen molar-refractivity contribution in [3.8, 4) is 0 Å². The van der Waals surface area contributed by atoms with Crippen molar-refractivity contribution in [1.82, 2.24) is 0 Å². The minimum atomic E-state index is -0.805. The maximum Gasteiger partial charge on any atom is 0.306 e. The molecule has 0 fully saturated rings. The van der Waals surface area contributed by atoms with Gasteiger partial charge in [0.1, 0.15) is 13.2 Å². The minimum Gasteiger partial charge on any atom is -0.462 e. The van der Waals surface area contributed by atoms with Crippen LogP contribution in [-0.4, -0.2) is 37.2 Å². The van der Waals surface area contributed by atoms with Gasteiger partial charge in [0.05, 0.1) is 0 Å². The largest absolute Gasteiger partial charge is 0.462 e. The first kappa shape index (κ1) is 57.3. The molecular weight excluding hydrogens is 757 g/mol. The number of allylic oxidation sites excluding steroid dienone is 16. The van der Waals surface area contributed by atoms with Gasteiger partial charge in [-0.3, -0.25) is 14.4 Å². The zero-order valence-corrected chi connectivity index (χ0v) is 39.4. The van der Waals surface area contributed by atoms with E-state index in [2.05, 4.69) is 118 Å². The summed E-state index contributed by atoms with van der Waals surface area (Å²) in [4.78, 5) is 37.8. The molecular formula is C55H90O6. The van der Waals surface area contributed by atoms with Crippen molar-refractivity contribution in [1.29, 1.82) is 0 Å². The fourth-order valence-electron chi connectivity index (χ4n) is 6.41. The molecule has 0 radical (unpaired) electrons. The van der Waals surface area contributed by atoms with Crippen molar-refractivity contribution in [2.24, 2.45) is 0 Å². The maximum absolute atomic E-state index is 12.8. The molecule has 0 saturated carbocycles. The van der Waals surface area contributed by atoms with Gasteiger partial charge in [-0.2, -0.15) is 0 Å². The van der Waals surface area contributed by atoms with E-state index in [-0.39, 0.29) is 31.1 Å². The number of rotatable bonds is 43. The van der Waals surface area contributed by atoms with Gasteiger partial charge in [-0.1, -0.05) is 195 Å². The molecule has 0 aliphatic heterocycles. The van der Waals surface area contributed by atoms with Crippen LogP contribution in [0.4, 0.5) is 0 Å². The molecule has 1 atom stereocenters. The number of hydrogen-bond donors (Lipinski definition) is 0. The van der Waals surface area contributed by atoms with Crippen LogP contribution in [0.25, 0.3) is 0 Å². The Labute approximate surface area is 375 Å². The van der Waals surface area contributed by atoms with Gasteiger partial charge in [0.15, 0.2) is 6.10 Å². The summed E-state index contributed by atoms with van der Waals surface area (Å²) in [5, 5.41) is 0. The van der Waals surface area contributed by atoms with Crippen molar-refractivity contribution in [2.45, 2.75) is 219 Å². The lowest BCUT2D eigenvalue weighted by molar-refractivity contribution is -0.167. The lowest BCUT2D eigenvalue weighted by atomic mass is 10.1. The number of carbonyl (C=O) groups is 3. The van der Waals surface area contributed by atoms with E-state index in [1.165, 1.54) is 57.8 Å². The standard InChI is InChI=1S/C55H90O6/c1-4-7-10-13-16-19-21-23-25-27-28-30-31-33-36-39-42-45-48-54(57)60-51-52(50-59-53(56)47-44-41-38-35-18-15-12-9-6-3)61-55(58)49-46-43-40-37-34-32-29-26-24-22-20-17-14-11-8-5-2/h8,11,16-17,19-21,23-28,30,35,38,52H,4-7,9-10,12-15,18,22,29,31-34,36-37,39-51H2,1-3H3/b11-8-,19-16-,20-17-,23-21-,26-24-,27-25-,30-28-,38-35-. The van der Waals surface area contributed by atoms with Gasteiger partial charge >= 0.3 is 17.9 Å². The molecule has 0 aromatic heterocycles. The SMILES string of the molecule is CC/C=C\C/C=C\C/C=C\CCCCCCCCC(=O)OC(COC(=O)CCC/C=C\CCCCCC)COC(=O)CCCCCCC\C=C/C=C\C=C/C=C\CCCCC. The second-order valence-electron chi connectivity index (χ2n) is 16.1. The Morgan fingerprint density at radius 2 is 0.721 bits per heavy atom. The van der Waals surface area contributed by atoms with Crippen LogP contribution in [0.3, 0.4) is 0 Å². The first-order valence-electron chi connectivity index (χ1n) is 24.8. The van der Waals surface area contributed by atoms with Crippen molar-refractivity contribution in [2.75, 3.05) is 13.2 Å². The van der Waals surface area contributed by atoms with E-state index in [1.807, 2.05) is 0 Å². The first-order chi connectivity index (χ1) is 30.0. The van der Waals surface area contributed by atoms with E-state index in [0.29, 0.717) is 25.7 Å². The topological polar surface area (TPSA) is 78.9 Å². The molecule has 0 N–H and O–H groups in total. The highest BCUT2D eigenvalue weighted by molar-refractivity contribution is 5.71. The smallest absolute Gasteiger partial charge is 0.306 e. The van der Waals surface area contributed by atoms with Gasteiger partial charge in [-0.25, -0.2) is 0 Å². The van der Waals surface area contributed by atoms with Crippen LogP contribution in [0.5, 0.6) is 0 Å². The summed E-state index contributed by atoms with van der Waals surface area (Å²) >= 11 is 0. The highest BCUT2D eigenvalue weighted by Gasteiger charge is 2.19. The van der Waals surface area contributed by atoms with Gasteiger partial charge in [0.25, 0.3) is 0 Å². The third-order valence-electron chi connectivity index (χ3n) is 10.1. The third kappa shape index (κ3) is 47.2. The van der Waals surface area contributed by atoms with Crippen LogP contribution in [0.15, 0.2) is 97.2 Å². The van der Waals surface area contributed by atoms with Crippen molar-refractivity contribution in [3.63, 3.8) is 0 Å². The van der Waals surface area contributed by atoms with Gasteiger partial charge < -0.3 is 14.2 Å². The quantitative estimate of drug-likeness (QED) is 0.0200. The van der Waals surface area contributed by atoms with Crippen molar-refractivity contribution >= 4 is 17.9 Å². The van der Waals surface area contributed by atoms with Crippen LogP contribution in [0.1, 0.15) is 213 Å². The first-order valence-corrected chi connectivity index (χ1v) is 24.8. The summed E-state index contributed by atoms with van der Waals surface area (Å²) < 4.78 is 16.7. The Morgan fingerprint density at radius 1 is 0.361 bits per heavy atom. The molecule has 346 valence electrons. The lowest BCUT2D eigenvalue weighted by Crippen LogP contribution is -2.30.